The van der Waals surface area contributed by atoms with Crippen LogP contribution in [0, 0.1) is 12.7 Å². The Hall–Kier alpha value is -2.61. The number of halogens is 1. The minimum Gasteiger partial charge on any atom is -0.300 e. The smallest absolute Gasteiger partial charge is 0.230 e. The summed E-state index contributed by atoms with van der Waals surface area (Å²) < 4.78 is 13.1. The molecule has 2 N–H and O–H groups in total. The van der Waals surface area contributed by atoms with E-state index in [1.165, 1.54) is 23.5 Å². The lowest BCUT2D eigenvalue weighted by Gasteiger charge is -2.04. The highest BCUT2D eigenvalue weighted by atomic mass is 32.1. The van der Waals surface area contributed by atoms with Crippen molar-refractivity contribution < 1.29 is 9.18 Å². The third-order valence-corrected chi connectivity index (χ3v) is 4.85. The molecule has 1 aromatic carbocycles. The summed E-state index contributed by atoms with van der Waals surface area (Å²) in [6.45, 7) is 5.90. The summed E-state index contributed by atoms with van der Waals surface area (Å²) in [7, 11) is 0. The highest BCUT2D eigenvalue weighted by molar-refractivity contribution is 7.15. The number of amides is 1. The van der Waals surface area contributed by atoms with Gasteiger partial charge >= 0.3 is 0 Å². The summed E-state index contributed by atoms with van der Waals surface area (Å²) in [5.74, 6) is -0.240. The average molecular weight is 359 g/mol. The molecule has 25 heavy (non-hydrogen) atoms. The van der Waals surface area contributed by atoms with E-state index in [4.69, 9.17) is 0 Å². The van der Waals surface area contributed by atoms with E-state index in [1.807, 2.05) is 20.8 Å². The first kappa shape index (κ1) is 17.2. The number of hydrogen-bond donors (Lipinski definition) is 2. The van der Waals surface area contributed by atoms with Gasteiger partial charge < -0.3 is 5.32 Å². The molecule has 3 rings (SSSR count). The van der Waals surface area contributed by atoms with Gasteiger partial charge in [-0.2, -0.15) is 5.10 Å². The number of carbonyl (C=O) groups is 1. The van der Waals surface area contributed by atoms with Gasteiger partial charge in [0, 0.05) is 22.7 Å². The maximum Gasteiger partial charge on any atom is 0.230 e. The number of hydrogen-bond acceptors (Lipinski definition) is 5. The SMILES string of the molecule is Cc1[nH]nc(-c2ccc(F)cc2)c1CC(=O)Nc1nnc(C(C)C)s1. The molecule has 0 aliphatic carbocycles. The van der Waals surface area contributed by atoms with Crippen LogP contribution in [-0.4, -0.2) is 26.3 Å². The van der Waals surface area contributed by atoms with Crippen LogP contribution in [-0.2, 0) is 11.2 Å². The maximum atomic E-state index is 13.1. The van der Waals surface area contributed by atoms with Crippen LogP contribution in [0.2, 0.25) is 0 Å². The number of aromatic amines is 1. The molecule has 0 aliphatic rings. The molecule has 2 heterocycles. The molecule has 0 atom stereocenters. The quantitative estimate of drug-likeness (QED) is 0.728. The topological polar surface area (TPSA) is 83.6 Å². The first-order valence-corrected chi connectivity index (χ1v) is 8.68. The summed E-state index contributed by atoms with van der Waals surface area (Å²) in [6, 6.07) is 6.04. The zero-order valence-electron chi connectivity index (χ0n) is 14.1. The lowest BCUT2D eigenvalue weighted by Crippen LogP contribution is -2.15. The summed E-state index contributed by atoms with van der Waals surface area (Å²) >= 11 is 1.37. The van der Waals surface area contributed by atoms with Gasteiger partial charge in [0.05, 0.1) is 12.1 Å². The first-order valence-electron chi connectivity index (χ1n) is 7.87. The summed E-state index contributed by atoms with van der Waals surface area (Å²) in [6.07, 6.45) is 0.144. The Morgan fingerprint density at radius 2 is 2.00 bits per heavy atom. The van der Waals surface area contributed by atoms with Crippen molar-refractivity contribution in [2.24, 2.45) is 0 Å². The zero-order chi connectivity index (χ0) is 18.0. The number of nitrogens with zero attached hydrogens (tertiary/aromatic N) is 3. The van der Waals surface area contributed by atoms with E-state index < -0.39 is 0 Å². The van der Waals surface area contributed by atoms with Crippen LogP contribution in [0.5, 0.6) is 0 Å². The molecule has 3 aromatic rings. The van der Waals surface area contributed by atoms with Gasteiger partial charge in [-0.3, -0.25) is 9.89 Å². The largest absolute Gasteiger partial charge is 0.300 e. The van der Waals surface area contributed by atoms with Gasteiger partial charge in [-0.05, 0) is 31.2 Å². The van der Waals surface area contributed by atoms with Gasteiger partial charge in [-0.15, -0.1) is 10.2 Å². The van der Waals surface area contributed by atoms with Gasteiger partial charge in [-0.25, -0.2) is 4.39 Å². The van der Waals surface area contributed by atoms with E-state index in [0.29, 0.717) is 10.8 Å². The van der Waals surface area contributed by atoms with Gasteiger partial charge in [-0.1, -0.05) is 25.2 Å². The minimum absolute atomic E-state index is 0.144. The van der Waals surface area contributed by atoms with Crippen molar-refractivity contribution >= 4 is 22.4 Å². The van der Waals surface area contributed by atoms with Crippen LogP contribution in [0.4, 0.5) is 9.52 Å². The molecule has 0 unspecified atom stereocenters. The fourth-order valence-corrected chi connectivity index (χ4v) is 3.12. The van der Waals surface area contributed by atoms with Crippen LogP contribution in [0.1, 0.15) is 36.0 Å². The molecule has 130 valence electrons. The molecule has 0 aliphatic heterocycles. The van der Waals surface area contributed by atoms with E-state index in [0.717, 1.165) is 21.8 Å². The van der Waals surface area contributed by atoms with Crippen molar-refractivity contribution in [3.05, 3.63) is 46.3 Å². The number of nitrogens with one attached hydrogen (secondary N) is 2. The second kappa shape index (κ2) is 7.10. The lowest BCUT2D eigenvalue weighted by molar-refractivity contribution is -0.115. The Kier molecular flexibility index (Phi) is 4.89. The Bertz CT molecular complexity index is 885. The normalized spacial score (nSPS) is 11.1. The Morgan fingerprint density at radius 1 is 1.28 bits per heavy atom. The fraction of sp³-hybridized carbons (Fsp3) is 0.294. The van der Waals surface area contributed by atoms with Crippen molar-refractivity contribution in [3.8, 4) is 11.3 Å². The highest BCUT2D eigenvalue weighted by Crippen LogP contribution is 2.26. The predicted octanol–water partition coefficient (Wildman–Crippen LogP) is 3.68. The summed E-state index contributed by atoms with van der Waals surface area (Å²) in [5, 5.41) is 19.3. The molecular weight excluding hydrogens is 341 g/mol. The van der Waals surface area contributed by atoms with Crippen molar-refractivity contribution in [1.29, 1.82) is 0 Å². The third-order valence-electron chi connectivity index (χ3n) is 3.71. The van der Waals surface area contributed by atoms with Gasteiger partial charge in [0.15, 0.2) is 0 Å². The Balaban J connectivity index is 1.77. The maximum absolute atomic E-state index is 13.1. The minimum atomic E-state index is -0.312. The molecule has 0 radical (unpaired) electrons. The summed E-state index contributed by atoms with van der Waals surface area (Å²) in [5.41, 5.74) is 2.98. The number of rotatable bonds is 5. The van der Waals surface area contributed by atoms with E-state index in [9.17, 15) is 9.18 Å². The third kappa shape index (κ3) is 3.90. The highest BCUT2D eigenvalue weighted by Gasteiger charge is 2.17. The molecule has 0 saturated heterocycles. The van der Waals surface area contributed by atoms with Crippen molar-refractivity contribution in [3.63, 3.8) is 0 Å². The van der Waals surface area contributed by atoms with Crippen LogP contribution in [0.15, 0.2) is 24.3 Å². The molecule has 8 heteroatoms. The van der Waals surface area contributed by atoms with E-state index in [1.54, 1.807) is 12.1 Å². The molecule has 0 spiro atoms. The van der Waals surface area contributed by atoms with Crippen molar-refractivity contribution in [2.75, 3.05) is 5.32 Å². The number of H-pyrrole nitrogens is 1. The number of benzene rings is 1. The molecule has 6 nitrogen and oxygen atoms in total. The monoisotopic (exact) mass is 359 g/mol. The van der Waals surface area contributed by atoms with Crippen LogP contribution >= 0.6 is 11.3 Å². The second-order valence-corrected chi connectivity index (χ2v) is 7.02. The number of aromatic nitrogens is 4. The van der Waals surface area contributed by atoms with Crippen LogP contribution in [0.3, 0.4) is 0 Å². The Labute approximate surface area is 148 Å². The first-order chi connectivity index (χ1) is 11.9. The van der Waals surface area contributed by atoms with E-state index >= 15 is 0 Å². The number of anilines is 1. The fourth-order valence-electron chi connectivity index (χ4n) is 2.36. The number of carbonyl (C=O) groups excluding carboxylic acids is 1. The molecule has 1 amide bonds. The van der Waals surface area contributed by atoms with Gasteiger partial charge in [0.1, 0.15) is 10.8 Å². The summed E-state index contributed by atoms with van der Waals surface area (Å²) in [4.78, 5) is 12.4. The van der Waals surface area contributed by atoms with Crippen LogP contribution in [0.25, 0.3) is 11.3 Å². The van der Waals surface area contributed by atoms with Gasteiger partial charge in [0.25, 0.3) is 0 Å². The lowest BCUT2D eigenvalue weighted by atomic mass is 10.0. The number of aryl methyl sites for hydroxylation is 1. The Morgan fingerprint density at radius 3 is 2.64 bits per heavy atom. The van der Waals surface area contributed by atoms with E-state index in [2.05, 4.69) is 25.7 Å². The van der Waals surface area contributed by atoms with Crippen molar-refractivity contribution in [2.45, 2.75) is 33.1 Å². The molecular formula is C17H18FN5OS. The van der Waals surface area contributed by atoms with Crippen LogP contribution < -0.4 is 5.32 Å². The standard InChI is InChI=1S/C17H18FN5OS/c1-9(2)16-22-23-17(25-16)19-14(24)8-13-10(3)20-21-15(13)11-4-6-12(18)7-5-11/h4-7,9H,8H2,1-3H3,(H,20,21)(H,19,23,24). The molecule has 0 bridgehead atoms. The molecule has 2 aromatic heterocycles. The molecule has 0 fully saturated rings. The zero-order valence-corrected chi connectivity index (χ0v) is 14.9. The van der Waals surface area contributed by atoms with Crippen molar-refractivity contribution in [1.82, 2.24) is 20.4 Å². The van der Waals surface area contributed by atoms with Gasteiger partial charge in [0.2, 0.25) is 11.0 Å². The average Bonchev–Trinajstić information content (AvgIpc) is 3.16. The predicted molar refractivity (Wildman–Crippen MR) is 95.1 cm³/mol. The second-order valence-electron chi connectivity index (χ2n) is 6.01. The van der Waals surface area contributed by atoms with E-state index in [-0.39, 0.29) is 24.1 Å². The molecule has 0 saturated carbocycles.